The topological polar surface area (TPSA) is 102 Å². The number of benzene rings is 1. The van der Waals surface area contributed by atoms with Gasteiger partial charge in [-0.3, -0.25) is 20.7 Å². The maximum atomic E-state index is 8.81. The molecule has 1 fully saturated rings. The summed E-state index contributed by atoms with van der Waals surface area (Å²) in [6, 6.07) is 13.8. The van der Waals surface area contributed by atoms with E-state index in [0.29, 0.717) is 17.0 Å². The summed E-state index contributed by atoms with van der Waals surface area (Å²) in [7, 11) is 2.19. The van der Waals surface area contributed by atoms with Crippen LogP contribution in [0.4, 0.5) is 0 Å². The number of nitrogens with one attached hydrogen (secondary N) is 2. The quantitative estimate of drug-likeness (QED) is 0.149. The summed E-state index contributed by atoms with van der Waals surface area (Å²) in [6.07, 6.45) is 6.22. The molecule has 0 aliphatic carbocycles. The predicted octanol–water partition coefficient (Wildman–Crippen LogP) is 4.28. The van der Waals surface area contributed by atoms with Crippen LogP contribution < -0.4 is 5.49 Å². The number of pyridine rings is 1. The van der Waals surface area contributed by atoms with Crippen LogP contribution in [0.15, 0.2) is 67.4 Å². The molecule has 0 atom stereocenters. The van der Waals surface area contributed by atoms with Gasteiger partial charge in [0.15, 0.2) is 0 Å². The Bertz CT molecular complexity index is 1310. The number of fused-ring (bicyclic) bond motifs is 1. The van der Waals surface area contributed by atoms with Gasteiger partial charge in [0.2, 0.25) is 0 Å². The molecule has 2 aromatic heterocycles. The molecule has 8 nitrogen and oxygen atoms in total. The number of hydrogen-bond acceptors (Lipinski definition) is 8. The van der Waals surface area contributed by atoms with E-state index in [1.807, 2.05) is 30.3 Å². The zero-order valence-corrected chi connectivity index (χ0v) is 23.7. The second-order valence-electron chi connectivity index (χ2n) is 9.13. The number of aldehydes is 1. The average molecular weight is 534 g/mol. The average Bonchev–Trinajstić information content (AvgIpc) is 2.90. The van der Waals surface area contributed by atoms with Crippen molar-refractivity contribution in [1.29, 1.82) is 10.8 Å². The molecule has 2 N–H and O–H groups in total. The van der Waals surface area contributed by atoms with E-state index in [9.17, 15) is 0 Å². The number of likely N-dealkylation sites (N-methyl/N-ethyl adjacent to an activating group) is 1. The summed E-state index contributed by atoms with van der Waals surface area (Å²) in [5.74, 6) is 0.217. The Morgan fingerprint density at radius 2 is 1.84 bits per heavy atom. The van der Waals surface area contributed by atoms with Crippen LogP contribution in [0.1, 0.15) is 32.0 Å². The van der Waals surface area contributed by atoms with Crippen molar-refractivity contribution in [3.63, 3.8) is 0 Å². The lowest BCUT2D eigenvalue weighted by Crippen LogP contribution is -2.47. The van der Waals surface area contributed by atoms with Gasteiger partial charge in [-0.15, -0.1) is 12.6 Å². The number of nitrogens with zero attached hydrogens (tertiary/aromatic N) is 5. The molecule has 0 unspecified atom stereocenters. The highest BCUT2D eigenvalue weighted by atomic mass is 32.1. The van der Waals surface area contributed by atoms with Crippen LogP contribution in [0.5, 0.6) is 0 Å². The van der Waals surface area contributed by atoms with Gasteiger partial charge in [0.25, 0.3) is 0 Å². The number of rotatable bonds is 5. The van der Waals surface area contributed by atoms with E-state index in [4.69, 9.17) is 15.6 Å². The molecule has 0 amide bonds. The molecule has 0 saturated carbocycles. The van der Waals surface area contributed by atoms with E-state index in [2.05, 4.69) is 60.0 Å². The van der Waals surface area contributed by atoms with Crippen LogP contribution >= 0.6 is 12.6 Å². The van der Waals surface area contributed by atoms with Gasteiger partial charge in [-0.1, -0.05) is 24.8 Å². The molecule has 0 bridgehead atoms. The standard InChI is InChI=1S/C19H17N5S.C8H18N2.C2H4O/c1-2-4-17(25)16-8-9-18(20)24(23-16)19(21)12-13-6-7-15-14(11-13)5-3-10-22-15;1-8(2)10-6-4-9(3)5-7-10;1-2-3/h2-11,20-21,25H,1,12H2;8H,4-7H2,1-3H3;2H,1H3/b17-4-,20-18?,21-19?;;. The van der Waals surface area contributed by atoms with E-state index in [1.54, 1.807) is 30.5 Å². The Kier molecular flexibility index (Phi) is 12.8. The van der Waals surface area contributed by atoms with Crippen LogP contribution in [0.25, 0.3) is 15.8 Å². The summed E-state index contributed by atoms with van der Waals surface area (Å²) in [4.78, 5) is 18.7. The van der Waals surface area contributed by atoms with Gasteiger partial charge in [0, 0.05) is 55.1 Å². The van der Waals surface area contributed by atoms with Gasteiger partial charge in [-0.2, -0.15) is 5.10 Å². The molecule has 9 heteroatoms. The minimum atomic E-state index is 0.149. The van der Waals surface area contributed by atoms with Crippen molar-refractivity contribution in [2.45, 2.75) is 33.2 Å². The Hall–Kier alpha value is -3.40. The van der Waals surface area contributed by atoms with Crippen LogP contribution in [-0.4, -0.2) is 76.0 Å². The summed E-state index contributed by atoms with van der Waals surface area (Å²) in [6.45, 7) is 14.6. The zero-order valence-electron chi connectivity index (χ0n) is 22.8. The fourth-order valence-corrected chi connectivity index (χ4v) is 4.03. The number of aromatic nitrogens is 3. The second kappa shape index (κ2) is 15.8. The van der Waals surface area contributed by atoms with Crippen molar-refractivity contribution in [3.8, 4) is 0 Å². The highest BCUT2D eigenvalue weighted by Crippen LogP contribution is 2.16. The van der Waals surface area contributed by atoms with E-state index in [-0.39, 0.29) is 11.3 Å². The fourth-order valence-electron chi connectivity index (χ4n) is 3.80. The number of allylic oxidation sites excluding steroid dienone is 2. The predicted molar refractivity (Wildman–Crippen MR) is 160 cm³/mol. The molecule has 0 radical (unpaired) electrons. The second-order valence-corrected chi connectivity index (χ2v) is 9.61. The smallest absolute Gasteiger partial charge is 0.148 e. The van der Waals surface area contributed by atoms with Gasteiger partial charge in [-0.25, -0.2) is 4.68 Å². The van der Waals surface area contributed by atoms with Crippen molar-refractivity contribution >= 4 is 40.6 Å². The third kappa shape index (κ3) is 9.48. The lowest BCUT2D eigenvalue weighted by molar-refractivity contribution is -0.106. The van der Waals surface area contributed by atoms with E-state index >= 15 is 0 Å². The number of carbonyl (C=O) groups is 1. The molecular weight excluding hydrogens is 494 g/mol. The molecule has 1 aliphatic heterocycles. The maximum absolute atomic E-state index is 8.81. The molecule has 1 saturated heterocycles. The third-order valence-corrected chi connectivity index (χ3v) is 6.31. The number of hydrogen-bond donors (Lipinski definition) is 3. The number of thiol groups is 1. The first-order valence-electron chi connectivity index (χ1n) is 12.6. The van der Waals surface area contributed by atoms with Gasteiger partial charge in [-0.05, 0) is 69.8 Å². The molecule has 38 heavy (non-hydrogen) atoms. The van der Waals surface area contributed by atoms with E-state index < -0.39 is 0 Å². The lowest BCUT2D eigenvalue weighted by Gasteiger charge is -2.34. The van der Waals surface area contributed by atoms with Gasteiger partial charge >= 0.3 is 0 Å². The lowest BCUT2D eigenvalue weighted by atomic mass is 10.1. The first-order valence-corrected chi connectivity index (χ1v) is 13.1. The first-order chi connectivity index (χ1) is 18.2. The summed E-state index contributed by atoms with van der Waals surface area (Å²) in [5.41, 5.74) is 2.63. The highest BCUT2D eigenvalue weighted by molar-refractivity contribution is 7.90. The van der Waals surface area contributed by atoms with Gasteiger partial charge in [0.1, 0.15) is 17.6 Å². The van der Waals surface area contributed by atoms with Gasteiger partial charge < -0.3 is 9.69 Å². The Balaban J connectivity index is 0.000000324. The highest BCUT2D eigenvalue weighted by Gasteiger charge is 2.15. The Morgan fingerprint density at radius 1 is 1.16 bits per heavy atom. The monoisotopic (exact) mass is 533 g/mol. The van der Waals surface area contributed by atoms with E-state index in [1.165, 1.54) is 37.8 Å². The van der Waals surface area contributed by atoms with Crippen molar-refractivity contribution in [1.82, 2.24) is 24.6 Å². The van der Waals surface area contributed by atoms with Crippen molar-refractivity contribution in [3.05, 3.63) is 84.1 Å². The van der Waals surface area contributed by atoms with Crippen molar-refractivity contribution in [2.24, 2.45) is 0 Å². The SMILES string of the molecule is C=C/C=C(\S)c1ccc(=N)n(C(=N)Cc2ccc3ncccc3c2)n1.CC(C)N1CCN(C)CC1.CC=O. The minimum absolute atomic E-state index is 0.149. The summed E-state index contributed by atoms with van der Waals surface area (Å²) >= 11 is 4.36. The van der Waals surface area contributed by atoms with Crippen LogP contribution in [0.3, 0.4) is 0 Å². The van der Waals surface area contributed by atoms with E-state index in [0.717, 1.165) is 28.8 Å². The number of piperazine rings is 1. The largest absolute Gasteiger partial charge is 0.304 e. The molecule has 4 rings (SSSR count). The third-order valence-electron chi connectivity index (χ3n) is 5.94. The van der Waals surface area contributed by atoms with Gasteiger partial charge in [0.05, 0.1) is 11.2 Å². The number of carbonyl (C=O) groups excluding carboxylic acids is 1. The fraction of sp³-hybridized carbons (Fsp3) is 0.345. The summed E-state index contributed by atoms with van der Waals surface area (Å²) in [5, 5.41) is 21.8. The van der Waals surface area contributed by atoms with Crippen molar-refractivity contribution in [2.75, 3.05) is 33.2 Å². The van der Waals surface area contributed by atoms with Crippen LogP contribution in [0, 0.1) is 10.8 Å². The minimum Gasteiger partial charge on any atom is -0.304 e. The van der Waals surface area contributed by atoms with Crippen LogP contribution in [0.2, 0.25) is 0 Å². The Morgan fingerprint density at radius 3 is 2.47 bits per heavy atom. The van der Waals surface area contributed by atoms with Crippen molar-refractivity contribution < 1.29 is 4.79 Å². The molecular formula is C29H39N7OS. The molecule has 3 heterocycles. The molecule has 1 aliphatic rings. The Labute approximate surface area is 231 Å². The summed E-state index contributed by atoms with van der Waals surface area (Å²) < 4.78 is 1.32. The maximum Gasteiger partial charge on any atom is 0.148 e. The molecule has 1 aromatic carbocycles. The normalized spacial score (nSPS) is 14.2. The van der Waals surface area contributed by atoms with Crippen LogP contribution in [-0.2, 0) is 11.2 Å². The first kappa shape index (κ1) is 30.8. The molecule has 3 aromatic rings. The molecule has 0 spiro atoms. The molecule has 202 valence electrons. The zero-order chi connectivity index (χ0) is 28.1.